The third-order valence-corrected chi connectivity index (χ3v) is 5.98. The third kappa shape index (κ3) is 5.17. The number of imidazole rings is 1. The monoisotopic (exact) mass is 397 g/mol. The topological polar surface area (TPSA) is 57.8 Å². The molecule has 140 valence electrons. The molecule has 3 aromatic rings. The number of hydrogen-bond acceptors (Lipinski definition) is 4. The predicted octanol–water partition coefficient (Wildman–Crippen LogP) is 5.15. The summed E-state index contributed by atoms with van der Waals surface area (Å²) in [4.78, 5) is 21.6. The molecule has 0 fully saturated rings. The maximum absolute atomic E-state index is 12.6. The molecule has 0 bridgehead atoms. The molecule has 0 aliphatic heterocycles. The molecule has 2 N–H and O–H groups in total. The first-order valence-electron chi connectivity index (χ1n) is 8.76. The second-order valence-corrected chi connectivity index (χ2v) is 8.40. The Morgan fingerprint density at radius 2 is 1.85 bits per heavy atom. The number of carbonyl (C=O) groups excluding carboxylic acids is 1. The van der Waals surface area contributed by atoms with Crippen LogP contribution in [0.3, 0.4) is 0 Å². The average Bonchev–Trinajstić information content (AvgIpc) is 3.01. The number of aryl methyl sites for hydroxylation is 1. The van der Waals surface area contributed by atoms with Crippen molar-refractivity contribution in [3.8, 4) is 0 Å². The minimum Gasteiger partial charge on any atom is -0.337 e. The zero-order chi connectivity index (χ0) is 19.2. The molecule has 0 aliphatic carbocycles. The zero-order valence-corrected chi connectivity index (χ0v) is 17.3. The van der Waals surface area contributed by atoms with Crippen LogP contribution in [0.25, 0.3) is 0 Å². The summed E-state index contributed by atoms with van der Waals surface area (Å²) in [5.74, 6) is -0.0276. The van der Waals surface area contributed by atoms with Crippen LogP contribution in [0, 0.1) is 6.92 Å². The summed E-state index contributed by atoms with van der Waals surface area (Å²) < 4.78 is 0. The largest absolute Gasteiger partial charge is 0.337 e. The first-order valence-corrected chi connectivity index (χ1v) is 10.9. The van der Waals surface area contributed by atoms with Crippen LogP contribution >= 0.6 is 23.5 Å². The van der Waals surface area contributed by atoms with E-state index in [0.717, 1.165) is 33.5 Å². The van der Waals surface area contributed by atoms with E-state index in [0.29, 0.717) is 0 Å². The Bertz CT molecular complexity index is 909. The van der Waals surface area contributed by atoms with Gasteiger partial charge in [0.1, 0.15) is 0 Å². The van der Waals surface area contributed by atoms with Crippen molar-refractivity contribution in [2.45, 2.75) is 35.6 Å². The Morgan fingerprint density at radius 3 is 2.59 bits per heavy atom. The zero-order valence-electron chi connectivity index (χ0n) is 15.7. The molecule has 1 amide bonds. The van der Waals surface area contributed by atoms with E-state index in [1.54, 1.807) is 11.8 Å². The Balaban J connectivity index is 1.64. The second kappa shape index (κ2) is 9.15. The Kier molecular flexibility index (Phi) is 6.63. The minimum atomic E-state index is -0.255. The maximum atomic E-state index is 12.6. The van der Waals surface area contributed by atoms with Crippen LogP contribution in [0.5, 0.6) is 0 Å². The number of hydrogen-bond donors (Lipinski definition) is 2. The van der Waals surface area contributed by atoms with E-state index < -0.39 is 0 Å². The molecule has 0 saturated heterocycles. The second-order valence-electron chi connectivity index (χ2n) is 6.23. The van der Waals surface area contributed by atoms with Gasteiger partial charge in [0.2, 0.25) is 5.91 Å². The van der Waals surface area contributed by atoms with Crippen molar-refractivity contribution in [1.29, 1.82) is 0 Å². The molecule has 6 heteroatoms. The Morgan fingerprint density at radius 1 is 1.15 bits per heavy atom. The first-order chi connectivity index (χ1) is 13.1. The van der Waals surface area contributed by atoms with Crippen LogP contribution in [0.2, 0.25) is 0 Å². The molecule has 1 aromatic heterocycles. The van der Waals surface area contributed by atoms with Crippen molar-refractivity contribution >= 4 is 35.1 Å². The fourth-order valence-electron chi connectivity index (χ4n) is 2.69. The predicted molar refractivity (Wildman–Crippen MR) is 115 cm³/mol. The van der Waals surface area contributed by atoms with E-state index in [2.05, 4.69) is 22.4 Å². The number of nitrogens with one attached hydrogen (secondary N) is 2. The van der Waals surface area contributed by atoms with E-state index in [9.17, 15) is 4.79 Å². The van der Waals surface area contributed by atoms with E-state index in [4.69, 9.17) is 4.98 Å². The van der Waals surface area contributed by atoms with Gasteiger partial charge in [-0.3, -0.25) is 4.79 Å². The fraction of sp³-hybridized carbons (Fsp3) is 0.238. The summed E-state index contributed by atoms with van der Waals surface area (Å²) in [6, 6.07) is 18.1. The van der Waals surface area contributed by atoms with Crippen molar-refractivity contribution in [2.24, 2.45) is 0 Å². The number of benzene rings is 2. The first kappa shape index (κ1) is 19.6. The maximum Gasteiger partial charge on any atom is 0.237 e. The van der Waals surface area contributed by atoms with E-state index in [-0.39, 0.29) is 11.2 Å². The van der Waals surface area contributed by atoms with Gasteiger partial charge in [-0.2, -0.15) is 0 Å². The van der Waals surface area contributed by atoms with E-state index in [1.165, 1.54) is 17.3 Å². The molecule has 4 nitrogen and oxygen atoms in total. The number of aromatic nitrogens is 2. The lowest BCUT2D eigenvalue weighted by Crippen LogP contribution is -2.22. The summed E-state index contributed by atoms with van der Waals surface area (Å²) in [5.41, 5.74) is 4.14. The molecule has 1 heterocycles. The molecular formula is C21H23N3OS2. The lowest BCUT2D eigenvalue weighted by molar-refractivity contribution is -0.115. The molecular weight excluding hydrogens is 374 g/mol. The quantitative estimate of drug-likeness (QED) is 0.541. The number of H-pyrrole nitrogens is 1. The third-order valence-electron chi connectivity index (χ3n) is 4.20. The Hall–Kier alpha value is -2.18. The van der Waals surface area contributed by atoms with Gasteiger partial charge in [0.05, 0.1) is 16.6 Å². The smallest absolute Gasteiger partial charge is 0.237 e. The molecule has 1 unspecified atom stereocenters. The summed E-state index contributed by atoms with van der Waals surface area (Å²) in [6.07, 6.45) is 2.79. The minimum absolute atomic E-state index is 0.0276. The molecule has 3 rings (SSSR count). The van der Waals surface area contributed by atoms with Crippen LogP contribution in [0.1, 0.15) is 23.9 Å². The molecule has 0 saturated carbocycles. The summed E-state index contributed by atoms with van der Waals surface area (Å²) in [7, 11) is 0. The highest BCUT2D eigenvalue weighted by molar-refractivity contribution is 8.00. The summed E-state index contributed by atoms with van der Waals surface area (Å²) in [6.45, 7) is 3.92. The standard InChI is InChI=1S/C21H23N3OS2/c1-14-18(13-16-9-5-4-6-10-16)24-21(22-14)27-15(2)20(25)23-17-11-7-8-12-19(17)26-3/h4-12,15H,13H2,1-3H3,(H,22,24)(H,23,25). The van der Waals surface area contributed by atoms with Crippen molar-refractivity contribution in [3.05, 3.63) is 71.5 Å². The van der Waals surface area contributed by atoms with Gasteiger partial charge < -0.3 is 10.3 Å². The van der Waals surface area contributed by atoms with Crippen molar-refractivity contribution in [2.75, 3.05) is 11.6 Å². The number of amides is 1. The highest BCUT2D eigenvalue weighted by Crippen LogP contribution is 2.27. The van der Waals surface area contributed by atoms with Gasteiger partial charge in [0, 0.05) is 17.0 Å². The molecule has 27 heavy (non-hydrogen) atoms. The number of para-hydroxylation sites is 1. The van der Waals surface area contributed by atoms with Crippen LogP contribution in [-0.2, 0) is 11.2 Å². The number of thioether (sulfide) groups is 2. The highest BCUT2D eigenvalue weighted by atomic mass is 32.2. The van der Waals surface area contributed by atoms with Crippen molar-refractivity contribution < 1.29 is 4.79 Å². The molecule has 2 aromatic carbocycles. The SMILES string of the molecule is CSc1ccccc1NC(=O)C(C)Sc1nc(Cc2ccccc2)c(C)[nH]1. The molecule has 1 atom stereocenters. The van der Waals surface area contributed by atoms with Crippen LogP contribution < -0.4 is 5.32 Å². The average molecular weight is 398 g/mol. The van der Waals surface area contributed by atoms with E-state index in [1.807, 2.05) is 62.6 Å². The van der Waals surface area contributed by atoms with Gasteiger partial charge in [-0.25, -0.2) is 4.98 Å². The van der Waals surface area contributed by atoms with Gasteiger partial charge in [-0.05, 0) is 37.8 Å². The van der Waals surface area contributed by atoms with Crippen molar-refractivity contribution in [3.63, 3.8) is 0 Å². The normalized spacial score (nSPS) is 12.0. The van der Waals surface area contributed by atoms with Crippen LogP contribution in [-0.4, -0.2) is 27.4 Å². The van der Waals surface area contributed by atoms with Gasteiger partial charge >= 0.3 is 0 Å². The Labute approximate surface area is 168 Å². The molecule has 0 radical (unpaired) electrons. The molecule has 0 spiro atoms. The number of rotatable bonds is 7. The number of anilines is 1. The van der Waals surface area contributed by atoms with Crippen LogP contribution in [0.15, 0.2) is 64.6 Å². The summed E-state index contributed by atoms with van der Waals surface area (Å²) >= 11 is 3.06. The van der Waals surface area contributed by atoms with Gasteiger partial charge in [0.15, 0.2) is 5.16 Å². The molecule has 0 aliphatic rings. The van der Waals surface area contributed by atoms with E-state index >= 15 is 0 Å². The number of aromatic amines is 1. The van der Waals surface area contributed by atoms with Crippen molar-refractivity contribution in [1.82, 2.24) is 9.97 Å². The lowest BCUT2D eigenvalue weighted by Gasteiger charge is -2.12. The highest BCUT2D eigenvalue weighted by Gasteiger charge is 2.18. The summed E-state index contributed by atoms with van der Waals surface area (Å²) in [5, 5.41) is 3.54. The fourth-order valence-corrected chi connectivity index (χ4v) is 4.12. The number of carbonyl (C=O) groups is 1. The lowest BCUT2D eigenvalue weighted by atomic mass is 10.1. The van der Waals surface area contributed by atoms with Gasteiger partial charge in [-0.1, -0.05) is 54.2 Å². The van der Waals surface area contributed by atoms with Gasteiger partial charge in [0.25, 0.3) is 0 Å². The van der Waals surface area contributed by atoms with Crippen LogP contribution in [0.4, 0.5) is 5.69 Å². The van der Waals surface area contributed by atoms with Gasteiger partial charge in [-0.15, -0.1) is 11.8 Å². The number of nitrogens with zero attached hydrogens (tertiary/aromatic N) is 1.